The van der Waals surface area contributed by atoms with Crippen LogP contribution in [-0.2, 0) is 20.9 Å². The van der Waals surface area contributed by atoms with E-state index >= 15 is 0 Å². The Labute approximate surface area is 239 Å². The highest BCUT2D eigenvalue weighted by Crippen LogP contribution is 2.45. The third-order valence-electron chi connectivity index (χ3n) is 8.93. The number of ether oxygens (including phenoxy) is 1. The van der Waals surface area contributed by atoms with Crippen molar-refractivity contribution < 1.29 is 24.2 Å². The van der Waals surface area contributed by atoms with Crippen molar-refractivity contribution in [2.45, 2.75) is 49.7 Å². The molecule has 8 nitrogen and oxygen atoms in total. The molecule has 1 saturated heterocycles. The minimum absolute atomic E-state index is 0.0874. The summed E-state index contributed by atoms with van der Waals surface area (Å²) in [4.78, 5) is 41.4. The van der Waals surface area contributed by atoms with Crippen molar-refractivity contribution in [2.24, 2.45) is 5.92 Å². The number of amides is 2. The number of benzene rings is 3. The average Bonchev–Trinajstić information content (AvgIpc) is 3.69. The van der Waals surface area contributed by atoms with Gasteiger partial charge in [-0.2, -0.15) is 0 Å². The molecular weight excluding hydrogens is 518 g/mol. The lowest BCUT2D eigenvalue weighted by molar-refractivity contribution is -0.148. The first-order valence-corrected chi connectivity index (χ1v) is 14.2. The van der Waals surface area contributed by atoms with Gasteiger partial charge in [-0.25, -0.2) is 9.59 Å². The second-order valence-corrected chi connectivity index (χ2v) is 11.7. The van der Waals surface area contributed by atoms with Crippen LogP contribution in [0.4, 0.5) is 4.79 Å². The van der Waals surface area contributed by atoms with Gasteiger partial charge in [-0.05, 0) is 59.9 Å². The van der Waals surface area contributed by atoms with E-state index in [9.17, 15) is 19.5 Å². The molecule has 1 saturated carbocycles. The third-order valence-corrected chi connectivity index (χ3v) is 8.93. The van der Waals surface area contributed by atoms with Crippen LogP contribution in [0.5, 0.6) is 0 Å². The molecule has 212 valence electrons. The summed E-state index contributed by atoms with van der Waals surface area (Å²) in [5.74, 6) is -1.74. The number of carbonyl (C=O) groups excluding carboxylic acids is 2. The lowest BCUT2D eigenvalue weighted by Gasteiger charge is -2.34. The molecule has 2 fully saturated rings. The zero-order valence-electron chi connectivity index (χ0n) is 23.1. The maximum absolute atomic E-state index is 13.7. The highest BCUT2D eigenvalue weighted by Gasteiger charge is 2.53. The molecule has 3 aromatic rings. The Kier molecular flexibility index (Phi) is 7.03. The minimum Gasteiger partial charge on any atom is -0.479 e. The number of aliphatic carboxylic acids is 1. The summed E-state index contributed by atoms with van der Waals surface area (Å²) < 4.78 is 5.73. The number of hydrogen-bond acceptors (Lipinski definition) is 5. The number of rotatable bonds is 9. The molecule has 41 heavy (non-hydrogen) atoms. The van der Waals surface area contributed by atoms with Crippen LogP contribution in [0.1, 0.15) is 48.8 Å². The summed E-state index contributed by atoms with van der Waals surface area (Å²) in [6.45, 7) is 3.14. The maximum atomic E-state index is 13.7. The number of likely N-dealkylation sites (tertiary alicyclic amines) is 1. The zero-order chi connectivity index (χ0) is 28.6. The molecular formula is C33H35N3O5. The largest absolute Gasteiger partial charge is 0.479 e. The quantitative estimate of drug-likeness (QED) is 0.359. The van der Waals surface area contributed by atoms with Gasteiger partial charge in [0.1, 0.15) is 12.1 Å². The Morgan fingerprint density at radius 2 is 1.56 bits per heavy atom. The van der Waals surface area contributed by atoms with Gasteiger partial charge < -0.3 is 20.5 Å². The topological polar surface area (TPSA) is 108 Å². The SMILES string of the molecule is CC(NC(=O)OCC1c2ccccc2-c2ccccc21)(C(=O)NC1(C(=O)O)CCN(Cc2ccccc2)C1)C1CC1. The lowest BCUT2D eigenvalue weighted by atomic mass is 9.91. The van der Waals surface area contributed by atoms with Crippen molar-refractivity contribution in [1.29, 1.82) is 0 Å². The van der Waals surface area contributed by atoms with Crippen molar-refractivity contribution in [3.05, 3.63) is 95.6 Å². The molecule has 8 heteroatoms. The number of nitrogens with zero attached hydrogens (tertiary/aromatic N) is 1. The summed E-state index contributed by atoms with van der Waals surface area (Å²) in [5, 5.41) is 15.9. The monoisotopic (exact) mass is 553 g/mol. The summed E-state index contributed by atoms with van der Waals surface area (Å²) in [7, 11) is 0. The van der Waals surface area contributed by atoms with E-state index in [-0.39, 0.29) is 31.4 Å². The van der Waals surface area contributed by atoms with E-state index in [4.69, 9.17) is 4.74 Å². The predicted molar refractivity (Wildman–Crippen MR) is 154 cm³/mol. The first kappa shape index (κ1) is 27.0. The van der Waals surface area contributed by atoms with Gasteiger partial charge in [0.05, 0.1) is 0 Å². The molecule has 2 unspecified atom stereocenters. The van der Waals surface area contributed by atoms with Gasteiger partial charge in [-0.3, -0.25) is 9.69 Å². The first-order chi connectivity index (χ1) is 19.8. The van der Waals surface area contributed by atoms with Gasteiger partial charge in [0.15, 0.2) is 5.54 Å². The van der Waals surface area contributed by atoms with Gasteiger partial charge in [-0.15, -0.1) is 0 Å². The van der Waals surface area contributed by atoms with E-state index in [0.29, 0.717) is 13.1 Å². The summed E-state index contributed by atoms with van der Waals surface area (Å²) in [6.07, 6.45) is 1.15. The fraction of sp³-hybridized carbons (Fsp3) is 0.364. The van der Waals surface area contributed by atoms with E-state index in [0.717, 1.165) is 40.7 Å². The Hall–Kier alpha value is -4.17. The molecule has 6 rings (SSSR count). The minimum atomic E-state index is -1.43. The summed E-state index contributed by atoms with van der Waals surface area (Å²) >= 11 is 0. The van der Waals surface area contributed by atoms with Gasteiger partial charge in [-0.1, -0.05) is 78.9 Å². The van der Waals surface area contributed by atoms with E-state index < -0.39 is 29.0 Å². The highest BCUT2D eigenvalue weighted by atomic mass is 16.5. The van der Waals surface area contributed by atoms with Gasteiger partial charge in [0.2, 0.25) is 5.91 Å². The van der Waals surface area contributed by atoms with Gasteiger partial charge >= 0.3 is 12.1 Å². The number of carboxylic acids is 1. The Morgan fingerprint density at radius 3 is 2.17 bits per heavy atom. The van der Waals surface area contributed by atoms with Crippen molar-refractivity contribution >= 4 is 18.0 Å². The molecule has 2 atom stereocenters. The van der Waals surface area contributed by atoms with Crippen LogP contribution in [0.15, 0.2) is 78.9 Å². The molecule has 0 aromatic heterocycles. The van der Waals surface area contributed by atoms with Crippen molar-refractivity contribution in [2.75, 3.05) is 19.7 Å². The molecule has 2 aliphatic carbocycles. The molecule has 0 spiro atoms. The fourth-order valence-electron chi connectivity index (χ4n) is 6.39. The molecule has 3 N–H and O–H groups in total. The van der Waals surface area contributed by atoms with Crippen LogP contribution >= 0.6 is 0 Å². The van der Waals surface area contributed by atoms with Crippen molar-refractivity contribution in [3.8, 4) is 11.1 Å². The average molecular weight is 554 g/mol. The Bertz CT molecular complexity index is 1430. The van der Waals surface area contributed by atoms with E-state index in [1.54, 1.807) is 6.92 Å². The van der Waals surface area contributed by atoms with Crippen molar-refractivity contribution in [1.82, 2.24) is 15.5 Å². The molecule has 1 aliphatic heterocycles. The number of hydrogen-bond donors (Lipinski definition) is 3. The number of carbonyl (C=O) groups is 3. The smallest absolute Gasteiger partial charge is 0.408 e. The molecule has 0 radical (unpaired) electrons. The van der Waals surface area contributed by atoms with Crippen LogP contribution in [0.2, 0.25) is 0 Å². The zero-order valence-corrected chi connectivity index (χ0v) is 23.1. The molecule has 3 aromatic carbocycles. The molecule has 1 heterocycles. The third kappa shape index (κ3) is 5.20. The van der Waals surface area contributed by atoms with Gasteiger partial charge in [0.25, 0.3) is 0 Å². The van der Waals surface area contributed by atoms with Crippen LogP contribution in [0.25, 0.3) is 11.1 Å². The maximum Gasteiger partial charge on any atom is 0.408 e. The van der Waals surface area contributed by atoms with E-state index in [1.807, 2.05) is 59.5 Å². The number of fused-ring (bicyclic) bond motifs is 3. The Morgan fingerprint density at radius 1 is 0.951 bits per heavy atom. The van der Waals surface area contributed by atoms with E-state index in [2.05, 4.69) is 34.9 Å². The lowest BCUT2D eigenvalue weighted by Crippen LogP contribution is -2.65. The number of carboxylic acid groups (broad SMARTS) is 1. The normalized spacial score (nSPS) is 21.4. The van der Waals surface area contributed by atoms with E-state index in [1.165, 1.54) is 0 Å². The number of alkyl carbamates (subject to hydrolysis) is 1. The predicted octanol–water partition coefficient (Wildman–Crippen LogP) is 4.54. The molecule has 2 amide bonds. The van der Waals surface area contributed by atoms with Crippen LogP contribution in [0.3, 0.4) is 0 Å². The Balaban J connectivity index is 1.13. The fourth-order valence-corrected chi connectivity index (χ4v) is 6.39. The standard InChI is InChI=1S/C33H35N3O5/c1-32(23-15-16-23,29(37)34-33(30(38)39)17-18-36(21-33)19-22-9-3-2-4-10-22)35-31(40)41-20-28-26-13-7-5-11-24(26)25-12-6-8-14-27(25)28/h2-14,23,28H,15-21H2,1H3,(H,34,37)(H,35,40)(H,38,39). The second-order valence-electron chi connectivity index (χ2n) is 11.7. The van der Waals surface area contributed by atoms with Gasteiger partial charge in [0, 0.05) is 25.6 Å². The van der Waals surface area contributed by atoms with Crippen LogP contribution < -0.4 is 10.6 Å². The first-order valence-electron chi connectivity index (χ1n) is 14.2. The summed E-state index contributed by atoms with van der Waals surface area (Å²) in [6, 6.07) is 26.1. The molecule has 3 aliphatic rings. The summed E-state index contributed by atoms with van der Waals surface area (Å²) in [5.41, 5.74) is 2.86. The molecule has 0 bridgehead atoms. The van der Waals surface area contributed by atoms with Crippen LogP contribution in [-0.4, -0.2) is 58.8 Å². The highest BCUT2D eigenvalue weighted by molar-refractivity contribution is 5.95. The van der Waals surface area contributed by atoms with Crippen molar-refractivity contribution in [3.63, 3.8) is 0 Å². The van der Waals surface area contributed by atoms with Crippen LogP contribution in [0, 0.1) is 5.92 Å². The second kappa shape index (κ2) is 10.7. The number of nitrogens with one attached hydrogen (secondary N) is 2.